The van der Waals surface area contributed by atoms with Crippen molar-refractivity contribution >= 4 is 11.9 Å². The molecule has 0 N–H and O–H groups in total. The summed E-state index contributed by atoms with van der Waals surface area (Å²) in [5.41, 5.74) is 1.09. The molecule has 0 amide bonds. The van der Waals surface area contributed by atoms with Crippen LogP contribution in [0.25, 0.3) is 0 Å². The fraction of sp³-hybridized carbons (Fsp3) is 0.125. The van der Waals surface area contributed by atoms with Crippen molar-refractivity contribution < 1.29 is 132 Å². The average Bonchev–Trinajstić information content (AvgIpc) is 2.45. The van der Waals surface area contributed by atoms with E-state index in [0.29, 0.717) is 12.4 Å². The van der Waals surface area contributed by atoms with Crippen molar-refractivity contribution in [2.75, 3.05) is 0 Å². The first kappa shape index (κ1) is 26.6. The minimum absolute atomic E-state index is 0. The Balaban J connectivity index is 0. The molecule has 2 aromatic rings. The summed E-state index contributed by atoms with van der Waals surface area (Å²) in [6.45, 7) is 1.71. The Labute approximate surface area is 224 Å². The first-order valence-electron chi connectivity index (χ1n) is 6.25. The molecule has 0 aromatic heterocycles. The first-order chi connectivity index (χ1) is 10.4. The van der Waals surface area contributed by atoms with Crippen molar-refractivity contribution in [3.63, 3.8) is 0 Å². The topological polar surface area (TPSA) is 89.5 Å². The molecular weight excluding hydrogens is 369 g/mol. The monoisotopic (exact) mass is 382 g/mol. The van der Waals surface area contributed by atoms with Gasteiger partial charge in [0, 0.05) is 6.07 Å². The molecular formula is C16H13FK2O5. The predicted molar refractivity (Wildman–Crippen MR) is 72.6 cm³/mol. The van der Waals surface area contributed by atoms with Crippen molar-refractivity contribution in [1.29, 1.82) is 0 Å². The molecule has 0 aliphatic heterocycles. The molecule has 0 bridgehead atoms. The van der Waals surface area contributed by atoms with Gasteiger partial charge in [-0.25, -0.2) is 4.39 Å². The normalized spacial score (nSPS) is 8.58. The third-order valence-corrected chi connectivity index (χ3v) is 2.57. The zero-order chi connectivity index (χ0) is 16.5. The average molecular weight is 382 g/mol. The van der Waals surface area contributed by atoms with Crippen LogP contribution in [0.1, 0.15) is 22.8 Å². The maximum atomic E-state index is 13.5. The molecule has 0 unspecified atom stereocenters. The predicted octanol–water partition coefficient (Wildman–Crippen LogP) is -4.83. The molecule has 0 atom stereocenters. The summed E-state index contributed by atoms with van der Waals surface area (Å²) in [6, 6.07) is 13.9. The summed E-state index contributed by atoms with van der Waals surface area (Å²) in [6.07, 6.45) is -2.33. The van der Waals surface area contributed by atoms with Gasteiger partial charge in [0.1, 0.15) is 18.2 Å². The summed E-state index contributed by atoms with van der Waals surface area (Å²) in [5.74, 6) is -0.420. The number of Topliss-reactive ketones (excluding diaryl/α,β-unsaturated/α-hetero) is 1. The van der Waals surface area contributed by atoms with Crippen LogP contribution in [0.15, 0.2) is 48.5 Å². The fourth-order valence-corrected chi connectivity index (χ4v) is 1.61. The van der Waals surface area contributed by atoms with E-state index in [2.05, 4.69) is 0 Å². The van der Waals surface area contributed by atoms with Crippen LogP contribution in [0, 0.1) is 5.82 Å². The second kappa shape index (κ2) is 14.5. The Morgan fingerprint density at radius 3 is 2.04 bits per heavy atom. The van der Waals surface area contributed by atoms with Gasteiger partial charge in [0.2, 0.25) is 0 Å². The van der Waals surface area contributed by atoms with Crippen LogP contribution in [-0.4, -0.2) is 11.9 Å². The Morgan fingerprint density at radius 2 is 1.58 bits per heavy atom. The number of carbonyl (C=O) groups excluding carboxylic acids is 2. The van der Waals surface area contributed by atoms with Gasteiger partial charge in [0.25, 0.3) is 0 Å². The van der Waals surface area contributed by atoms with Gasteiger partial charge in [-0.3, -0.25) is 4.79 Å². The molecule has 0 heterocycles. The van der Waals surface area contributed by atoms with Crippen molar-refractivity contribution in [2.24, 2.45) is 0 Å². The van der Waals surface area contributed by atoms with E-state index in [1.54, 1.807) is 6.07 Å². The van der Waals surface area contributed by atoms with E-state index in [1.165, 1.54) is 19.1 Å². The summed E-state index contributed by atoms with van der Waals surface area (Å²) in [7, 11) is 0. The van der Waals surface area contributed by atoms with Crippen LogP contribution in [0.5, 0.6) is 5.75 Å². The Kier molecular flexibility index (Phi) is 16.1. The van der Waals surface area contributed by atoms with E-state index in [-0.39, 0.29) is 114 Å². The van der Waals surface area contributed by atoms with Gasteiger partial charge in [-0.2, -0.15) is 0 Å². The minimum atomic E-state index is -2.33. The smallest absolute Gasteiger partial charge is 0.652 e. The largest absolute Gasteiger partial charge is 1.00 e. The number of hydrogen-bond donors (Lipinski definition) is 0. The van der Waals surface area contributed by atoms with Crippen LogP contribution < -0.4 is 118 Å². The number of rotatable bonds is 4. The molecule has 0 aliphatic carbocycles. The maximum absolute atomic E-state index is 13.5. The maximum Gasteiger partial charge on any atom is 1.00 e. The zero-order valence-electron chi connectivity index (χ0n) is 13.7. The molecule has 5 nitrogen and oxygen atoms in total. The van der Waals surface area contributed by atoms with Gasteiger partial charge in [-0.15, -0.1) is 0 Å². The Bertz CT molecular complexity index is 646. The van der Waals surface area contributed by atoms with Crippen LogP contribution in [0.4, 0.5) is 9.18 Å². The van der Waals surface area contributed by atoms with E-state index in [9.17, 15) is 9.18 Å². The SMILES string of the molecule is CC(=O)c1ccc(OCc2ccccc2)cc1F.O=C([O-])[O-].[K+].[K+]. The number of carbonyl (C=O) groups is 2. The van der Waals surface area contributed by atoms with Crippen molar-refractivity contribution in [3.05, 3.63) is 65.5 Å². The number of ether oxygens (including phenoxy) is 1. The van der Waals surface area contributed by atoms with Gasteiger partial charge in [0.15, 0.2) is 5.78 Å². The minimum Gasteiger partial charge on any atom is -0.652 e. The fourth-order valence-electron chi connectivity index (χ4n) is 1.61. The first-order valence-corrected chi connectivity index (χ1v) is 6.25. The van der Waals surface area contributed by atoms with Crippen molar-refractivity contribution in [3.8, 4) is 5.75 Å². The number of halogens is 1. The van der Waals surface area contributed by atoms with Gasteiger partial charge >= 0.3 is 103 Å². The zero-order valence-corrected chi connectivity index (χ0v) is 20.0. The molecule has 0 aliphatic rings. The van der Waals surface area contributed by atoms with Crippen molar-refractivity contribution in [2.45, 2.75) is 13.5 Å². The number of ketones is 1. The standard InChI is InChI=1S/C15H13FO2.CH2O3.2K/c1-11(17)14-8-7-13(9-15(14)16)18-10-12-5-3-2-4-6-12;2-1(3)4;;/h2-9H,10H2,1H3;(H2,2,3,4);;/q;;2*+1/p-2. The number of benzene rings is 2. The molecule has 2 rings (SSSR count). The van der Waals surface area contributed by atoms with Crippen LogP contribution in [-0.2, 0) is 6.61 Å². The summed E-state index contributed by atoms with van der Waals surface area (Å²) in [4.78, 5) is 19.4. The molecule has 0 saturated carbocycles. The van der Waals surface area contributed by atoms with E-state index >= 15 is 0 Å². The third kappa shape index (κ3) is 11.1. The van der Waals surface area contributed by atoms with Gasteiger partial charge in [-0.1, -0.05) is 30.3 Å². The summed E-state index contributed by atoms with van der Waals surface area (Å²) < 4.78 is 19.0. The molecule has 24 heavy (non-hydrogen) atoms. The molecule has 8 heteroatoms. The summed E-state index contributed by atoms with van der Waals surface area (Å²) in [5, 5.41) is 16.7. The molecule has 0 fully saturated rings. The molecule has 116 valence electrons. The molecule has 2 aromatic carbocycles. The van der Waals surface area contributed by atoms with E-state index in [4.69, 9.17) is 19.7 Å². The van der Waals surface area contributed by atoms with Gasteiger partial charge < -0.3 is 19.7 Å². The van der Waals surface area contributed by atoms with Crippen LogP contribution in [0.3, 0.4) is 0 Å². The summed E-state index contributed by atoms with van der Waals surface area (Å²) >= 11 is 0. The van der Waals surface area contributed by atoms with Crippen LogP contribution in [0.2, 0.25) is 0 Å². The Hall–Kier alpha value is 0.383. The quantitative estimate of drug-likeness (QED) is 0.391. The van der Waals surface area contributed by atoms with E-state index < -0.39 is 12.0 Å². The van der Waals surface area contributed by atoms with Crippen molar-refractivity contribution in [1.82, 2.24) is 0 Å². The molecule has 0 saturated heterocycles. The second-order valence-electron chi connectivity index (χ2n) is 4.22. The van der Waals surface area contributed by atoms with E-state index in [0.717, 1.165) is 5.56 Å². The van der Waals surface area contributed by atoms with Gasteiger partial charge in [-0.05, 0) is 30.8 Å². The molecule has 0 spiro atoms. The number of carboxylic acid groups (broad SMARTS) is 2. The third-order valence-electron chi connectivity index (χ3n) is 2.57. The molecule has 0 radical (unpaired) electrons. The number of hydrogen-bond acceptors (Lipinski definition) is 5. The Morgan fingerprint density at radius 1 is 1.04 bits per heavy atom. The van der Waals surface area contributed by atoms with E-state index in [1.807, 2.05) is 30.3 Å². The van der Waals surface area contributed by atoms with Gasteiger partial charge in [0.05, 0.1) is 5.56 Å². The second-order valence-corrected chi connectivity index (χ2v) is 4.22. The van der Waals surface area contributed by atoms with Crippen LogP contribution >= 0.6 is 0 Å².